The molecule has 3 nitrogen and oxygen atoms in total. The van der Waals surface area contributed by atoms with Gasteiger partial charge in [0.15, 0.2) is 0 Å². The van der Waals surface area contributed by atoms with Crippen LogP contribution in [0.15, 0.2) is 0 Å². The molecule has 3 heteroatoms. The fourth-order valence-electron chi connectivity index (χ4n) is 1.11. The zero-order valence-electron chi connectivity index (χ0n) is 5.63. The highest BCUT2D eigenvalue weighted by molar-refractivity contribution is 4.82. The molecule has 54 valence electrons. The number of aliphatic hydroxyl groups is 1. The Balaban J connectivity index is 2.41. The molecule has 9 heavy (non-hydrogen) atoms. The molecule has 1 unspecified atom stereocenters. The average Bonchev–Trinajstić information content (AvgIpc) is 1.60. The number of nitrogens with two attached hydrogens (primary N) is 1. The Kier molecular flexibility index (Phi) is 1.75. The molecule has 0 aliphatic carbocycles. The Morgan fingerprint density at radius 1 is 1.78 bits per heavy atom. The summed E-state index contributed by atoms with van der Waals surface area (Å²) in [5.74, 6) is 0. The van der Waals surface area contributed by atoms with Crippen LogP contribution in [0.4, 0.5) is 0 Å². The van der Waals surface area contributed by atoms with Crippen LogP contribution in [0.5, 0.6) is 0 Å². The molecule has 1 fully saturated rings. The second-order valence-electron chi connectivity index (χ2n) is 2.98. The van der Waals surface area contributed by atoms with Gasteiger partial charge in [-0.1, -0.05) is 0 Å². The SMILES string of the molecule is CC1(O)COC[C@H](N)C1. The summed E-state index contributed by atoms with van der Waals surface area (Å²) in [6.07, 6.45) is 0.646. The van der Waals surface area contributed by atoms with E-state index in [1.165, 1.54) is 0 Å². The summed E-state index contributed by atoms with van der Waals surface area (Å²) in [5.41, 5.74) is 4.83. The van der Waals surface area contributed by atoms with E-state index in [0.29, 0.717) is 19.6 Å². The Morgan fingerprint density at radius 3 is 2.78 bits per heavy atom. The molecule has 1 aliphatic heterocycles. The third kappa shape index (κ3) is 1.93. The van der Waals surface area contributed by atoms with E-state index in [4.69, 9.17) is 10.5 Å². The molecule has 0 radical (unpaired) electrons. The van der Waals surface area contributed by atoms with Crippen LogP contribution in [-0.4, -0.2) is 30.0 Å². The molecule has 0 aromatic carbocycles. The predicted octanol–water partition coefficient (Wildman–Crippen LogP) is -0.515. The lowest BCUT2D eigenvalue weighted by atomic mass is 9.96. The quantitative estimate of drug-likeness (QED) is 0.465. The van der Waals surface area contributed by atoms with Gasteiger partial charge in [-0.2, -0.15) is 0 Å². The number of ether oxygens (including phenoxy) is 1. The minimum atomic E-state index is -0.697. The van der Waals surface area contributed by atoms with Gasteiger partial charge in [-0.25, -0.2) is 0 Å². The van der Waals surface area contributed by atoms with Crippen LogP contribution < -0.4 is 5.73 Å². The highest BCUT2D eigenvalue weighted by atomic mass is 16.5. The molecule has 1 heterocycles. The molecule has 0 saturated carbocycles. The fourth-order valence-corrected chi connectivity index (χ4v) is 1.11. The molecule has 0 amide bonds. The first-order valence-corrected chi connectivity index (χ1v) is 3.16. The topological polar surface area (TPSA) is 55.5 Å². The monoisotopic (exact) mass is 131 g/mol. The van der Waals surface area contributed by atoms with Crippen molar-refractivity contribution < 1.29 is 9.84 Å². The molecule has 2 atom stereocenters. The Labute approximate surface area is 54.8 Å². The molecule has 1 saturated heterocycles. The summed E-state index contributed by atoms with van der Waals surface area (Å²) in [7, 11) is 0. The van der Waals surface area contributed by atoms with E-state index >= 15 is 0 Å². The standard InChI is InChI=1S/C6H13NO2/c1-6(8)2-5(7)3-9-4-6/h5,8H,2-4,7H2,1H3/t5-,6?/m1/s1. The van der Waals surface area contributed by atoms with Gasteiger partial charge in [0, 0.05) is 6.04 Å². The summed E-state index contributed by atoms with van der Waals surface area (Å²) in [4.78, 5) is 0. The summed E-state index contributed by atoms with van der Waals surface area (Å²) in [6, 6.07) is 0.00810. The van der Waals surface area contributed by atoms with Crippen LogP contribution in [0, 0.1) is 0 Å². The lowest BCUT2D eigenvalue weighted by Gasteiger charge is -2.31. The van der Waals surface area contributed by atoms with Gasteiger partial charge in [0.1, 0.15) is 0 Å². The van der Waals surface area contributed by atoms with Crippen molar-refractivity contribution in [3.05, 3.63) is 0 Å². The Bertz CT molecular complexity index is 103. The van der Waals surface area contributed by atoms with E-state index in [1.807, 2.05) is 0 Å². The lowest BCUT2D eigenvalue weighted by molar-refractivity contribution is -0.0809. The van der Waals surface area contributed by atoms with Gasteiger partial charge in [-0.15, -0.1) is 0 Å². The smallest absolute Gasteiger partial charge is 0.0867 e. The summed E-state index contributed by atoms with van der Waals surface area (Å²) in [5, 5.41) is 9.34. The van der Waals surface area contributed by atoms with Gasteiger partial charge in [0.25, 0.3) is 0 Å². The molecule has 1 aliphatic rings. The zero-order valence-corrected chi connectivity index (χ0v) is 5.63. The van der Waals surface area contributed by atoms with Crippen molar-refractivity contribution >= 4 is 0 Å². The van der Waals surface area contributed by atoms with Crippen LogP contribution in [-0.2, 0) is 4.74 Å². The summed E-state index contributed by atoms with van der Waals surface area (Å²) < 4.78 is 5.02. The highest BCUT2D eigenvalue weighted by Crippen LogP contribution is 2.16. The van der Waals surface area contributed by atoms with Crippen molar-refractivity contribution in [1.82, 2.24) is 0 Å². The number of rotatable bonds is 0. The van der Waals surface area contributed by atoms with Crippen LogP contribution >= 0.6 is 0 Å². The fraction of sp³-hybridized carbons (Fsp3) is 1.00. The third-order valence-electron chi connectivity index (χ3n) is 1.45. The van der Waals surface area contributed by atoms with Crippen LogP contribution in [0.1, 0.15) is 13.3 Å². The van der Waals surface area contributed by atoms with Crippen molar-refractivity contribution in [3.8, 4) is 0 Å². The molecule has 3 N–H and O–H groups in total. The van der Waals surface area contributed by atoms with Gasteiger partial charge in [0.05, 0.1) is 18.8 Å². The molecule has 0 aromatic heterocycles. The van der Waals surface area contributed by atoms with Gasteiger partial charge in [0.2, 0.25) is 0 Å². The lowest BCUT2D eigenvalue weighted by Crippen LogP contribution is -2.46. The van der Waals surface area contributed by atoms with E-state index in [1.54, 1.807) is 6.92 Å². The van der Waals surface area contributed by atoms with E-state index < -0.39 is 5.60 Å². The second-order valence-corrected chi connectivity index (χ2v) is 2.98. The number of hydrogen-bond acceptors (Lipinski definition) is 3. The Hall–Kier alpha value is -0.120. The van der Waals surface area contributed by atoms with E-state index in [0.717, 1.165) is 0 Å². The third-order valence-corrected chi connectivity index (χ3v) is 1.45. The maximum absolute atomic E-state index is 9.34. The largest absolute Gasteiger partial charge is 0.388 e. The van der Waals surface area contributed by atoms with Crippen molar-refractivity contribution in [2.75, 3.05) is 13.2 Å². The predicted molar refractivity (Wildman–Crippen MR) is 34.0 cm³/mol. The Morgan fingerprint density at radius 2 is 2.44 bits per heavy atom. The molecular weight excluding hydrogens is 118 g/mol. The van der Waals surface area contributed by atoms with Crippen LogP contribution in [0.25, 0.3) is 0 Å². The van der Waals surface area contributed by atoms with Gasteiger partial charge in [-0.3, -0.25) is 0 Å². The second kappa shape index (κ2) is 2.25. The summed E-state index contributed by atoms with van der Waals surface area (Å²) >= 11 is 0. The maximum atomic E-state index is 9.34. The van der Waals surface area contributed by atoms with Gasteiger partial charge >= 0.3 is 0 Å². The first kappa shape index (κ1) is 6.99. The normalized spacial score (nSPS) is 45.0. The van der Waals surface area contributed by atoms with Crippen molar-refractivity contribution in [2.45, 2.75) is 25.0 Å². The molecule has 0 spiro atoms. The van der Waals surface area contributed by atoms with Crippen molar-refractivity contribution in [3.63, 3.8) is 0 Å². The van der Waals surface area contributed by atoms with E-state index in [2.05, 4.69) is 0 Å². The molecular formula is C6H13NO2. The van der Waals surface area contributed by atoms with Crippen molar-refractivity contribution in [2.24, 2.45) is 5.73 Å². The molecule has 0 bridgehead atoms. The number of hydrogen-bond donors (Lipinski definition) is 2. The van der Waals surface area contributed by atoms with E-state index in [9.17, 15) is 5.11 Å². The minimum Gasteiger partial charge on any atom is -0.388 e. The van der Waals surface area contributed by atoms with Gasteiger partial charge < -0.3 is 15.6 Å². The van der Waals surface area contributed by atoms with Crippen LogP contribution in [0.2, 0.25) is 0 Å². The zero-order chi connectivity index (χ0) is 6.91. The highest BCUT2D eigenvalue weighted by Gasteiger charge is 2.28. The van der Waals surface area contributed by atoms with Gasteiger partial charge in [-0.05, 0) is 13.3 Å². The van der Waals surface area contributed by atoms with E-state index in [-0.39, 0.29) is 6.04 Å². The van der Waals surface area contributed by atoms with Crippen LogP contribution in [0.3, 0.4) is 0 Å². The molecule has 1 rings (SSSR count). The average molecular weight is 131 g/mol. The molecule has 0 aromatic rings. The van der Waals surface area contributed by atoms with Crippen molar-refractivity contribution in [1.29, 1.82) is 0 Å². The summed E-state index contributed by atoms with van der Waals surface area (Å²) in [6.45, 7) is 2.74. The minimum absolute atomic E-state index is 0.00810. The maximum Gasteiger partial charge on any atom is 0.0867 e. The first-order valence-electron chi connectivity index (χ1n) is 3.16. The first-order chi connectivity index (χ1) is 4.10.